The number of benzene rings is 3. The third kappa shape index (κ3) is 8.37. The number of rotatable bonds is 13. The van der Waals surface area contributed by atoms with Crippen LogP contribution in [0.2, 0.25) is 0 Å². The van der Waals surface area contributed by atoms with E-state index in [0.29, 0.717) is 76.2 Å². The molecule has 0 aliphatic carbocycles. The maximum absolute atomic E-state index is 17.4. The molecule has 82 heavy (non-hydrogen) atoms. The van der Waals surface area contributed by atoms with Crippen molar-refractivity contribution in [2.75, 3.05) is 50.8 Å². The summed E-state index contributed by atoms with van der Waals surface area (Å²) >= 11 is 0. The minimum atomic E-state index is -2.02. The fourth-order valence-corrected chi connectivity index (χ4v) is 13.4. The standard InChI is InChI=1S/C60H55F3N10O9/c1-4-37-45(62)11-7-31-15-35(74)16-39(49(31)37)52-50(63)53-41(22-66-52)54(69-58(68-53)82-29-59-13-6-14-71(59)23-32(61)19-59)70-24-33-8-9-34(25-70)73(33)55(76)30(3)27-80-36-10-12-46-38(17-36)40(21-65-48(75)20-64)42-26-72-47(51(42)67-46)18-44-43(56(72)77)28-81-57(78)60(44,79)5-2/h1,7,10-12,15-18,22,32-34,74,79H,3,5-6,8-9,13-14,19-21,23-29,64H2,2H3,(H,65,75)/t32-,33?,34?,59+,60+/m1/s1. The summed E-state index contributed by atoms with van der Waals surface area (Å²) in [5.74, 6) is -0.363. The number of pyridine rings is 3. The number of nitrogens with one attached hydrogen (secondary N) is 1. The first kappa shape index (κ1) is 52.7. The molecule has 10 heterocycles. The van der Waals surface area contributed by atoms with Crippen LogP contribution in [0, 0.1) is 24.0 Å². The van der Waals surface area contributed by atoms with Gasteiger partial charge in [0, 0.05) is 71.8 Å². The van der Waals surface area contributed by atoms with E-state index in [2.05, 4.69) is 32.7 Å². The largest absolute Gasteiger partial charge is 0.508 e. The summed E-state index contributed by atoms with van der Waals surface area (Å²) in [5.41, 5.74) is 5.27. The Labute approximate surface area is 466 Å². The number of nitrogens with two attached hydrogens (primary N) is 1. The molecule has 6 aliphatic heterocycles. The van der Waals surface area contributed by atoms with Gasteiger partial charge in [-0.25, -0.2) is 22.9 Å². The van der Waals surface area contributed by atoms with Crippen molar-refractivity contribution in [1.82, 2.24) is 39.6 Å². The highest BCUT2D eigenvalue weighted by Crippen LogP contribution is 2.45. The first-order chi connectivity index (χ1) is 39.5. The third-order valence-electron chi connectivity index (χ3n) is 17.5. The molecule has 2 unspecified atom stereocenters. The predicted molar refractivity (Wildman–Crippen MR) is 294 cm³/mol. The first-order valence-electron chi connectivity index (χ1n) is 27.3. The van der Waals surface area contributed by atoms with Crippen molar-refractivity contribution >= 4 is 56.2 Å². The van der Waals surface area contributed by atoms with Gasteiger partial charge in [0.1, 0.15) is 60.3 Å². The normalized spacial score (nSPS) is 22.5. The number of carbonyl (C=O) groups is 3. The number of aromatic hydroxyl groups is 1. The van der Waals surface area contributed by atoms with E-state index >= 15 is 8.78 Å². The Bertz CT molecular complexity index is 4040. The van der Waals surface area contributed by atoms with Crippen molar-refractivity contribution in [1.29, 1.82) is 0 Å². The van der Waals surface area contributed by atoms with Gasteiger partial charge in [-0.15, -0.1) is 6.42 Å². The van der Waals surface area contributed by atoms with E-state index in [4.69, 9.17) is 36.3 Å². The zero-order valence-corrected chi connectivity index (χ0v) is 44.6. The maximum Gasteiger partial charge on any atom is 0.343 e. The molecule has 3 aromatic carbocycles. The molecule has 4 aromatic heterocycles. The lowest BCUT2D eigenvalue weighted by molar-refractivity contribution is -0.172. The number of hydrogen-bond donors (Lipinski definition) is 4. The molecule has 4 fully saturated rings. The third-order valence-corrected chi connectivity index (χ3v) is 17.5. The van der Waals surface area contributed by atoms with Gasteiger partial charge in [0.05, 0.1) is 64.1 Å². The number of aliphatic hydroxyl groups is 1. The van der Waals surface area contributed by atoms with Crippen LogP contribution in [0.3, 0.4) is 0 Å². The number of alkyl halides is 1. The molecule has 5 N–H and O–H groups in total. The molecule has 19 nitrogen and oxygen atoms in total. The number of hydrogen-bond acceptors (Lipinski definition) is 16. The van der Waals surface area contributed by atoms with Crippen LogP contribution in [0.1, 0.15) is 73.3 Å². The molecule has 5 atom stereocenters. The number of halogens is 3. The lowest BCUT2D eigenvalue weighted by Crippen LogP contribution is -2.56. The Balaban J connectivity index is 0.777. The Kier molecular flexibility index (Phi) is 12.7. The van der Waals surface area contributed by atoms with Crippen LogP contribution in [0.25, 0.3) is 55.2 Å². The summed E-state index contributed by atoms with van der Waals surface area (Å²) in [6, 6.07) is 11.2. The Morgan fingerprint density at radius 1 is 1.01 bits per heavy atom. The average molecular weight is 1120 g/mol. The van der Waals surface area contributed by atoms with E-state index in [0.717, 1.165) is 13.0 Å². The van der Waals surface area contributed by atoms with Gasteiger partial charge in [0.15, 0.2) is 11.4 Å². The van der Waals surface area contributed by atoms with Crippen LogP contribution in [-0.4, -0.2) is 132 Å². The van der Waals surface area contributed by atoms with Crippen LogP contribution in [0.15, 0.2) is 71.7 Å². The number of terminal acetylenes is 1. The van der Waals surface area contributed by atoms with Gasteiger partial charge in [-0.2, -0.15) is 9.97 Å². The zero-order chi connectivity index (χ0) is 57.1. The summed E-state index contributed by atoms with van der Waals surface area (Å²) in [6.45, 7) is 6.78. The minimum absolute atomic E-state index is 0.0162. The minimum Gasteiger partial charge on any atom is -0.508 e. The number of phenolic OH excluding ortho intramolecular Hbond substituents is 1. The molecule has 2 amide bonds. The highest BCUT2D eigenvalue weighted by Gasteiger charge is 2.50. The molecule has 7 aromatic rings. The van der Waals surface area contributed by atoms with E-state index < -0.39 is 46.4 Å². The zero-order valence-electron chi connectivity index (χ0n) is 44.6. The van der Waals surface area contributed by atoms with E-state index in [1.54, 1.807) is 31.2 Å². The van der Waals surface area contributed by atoms with Gasteiger partial charge in [-0.1, -0.05) is 25.5 Å². The van der Waals surface area contributed by atoms with E-state index in [1.165, 1.54) is 35.0 Å². The first-order valence-corrected chi connectivity index (χ1v) is 27.3. The SMILES string of the molecule is C#Cc1c(F)ccc2cc(O)cc(-c3ncc4c(N5CC6CCC(C5)N6C(=O)C(=C)COc5ccc6nc7c(c(CNC(=O)CN)c6c5)Cn5c-7cc6c(c5=O)COC(=O)[C@]6(O)CC)nc(OC[C@@]56CCCN5C[C@H](F)C6)nc4c3F)c12. The quantitative estimate of drug-likeness (QED) is 0.0629. The molecule has 2 bridgehead atoms. The molecular weight excluding hydrogens is 1060 g/mol. The number of carbonyl (C=O) groups excluding carboxylic acids is 3. The molecule has 4 saturated heterocycles. The summed E-state index contributed by atoms with van der Waals surface area (Å²) in [6.07, 6.45) is 9.29. The molecule has 0 spiro atoms. The lowest BCUT2D eigenvalue weighted by atomic mass is 9.86. The van der Waals surface area contributed by atoms with Crippen molar-refractivity contribution in [3.05, 3.63) is 117 Å². The number of amides is 2. The summed E-state index contributed by atoms with van der Waals surface area (Å²) in [4.78, 5) is 78.8. The number of nitrogens with zero attached hydrogens (tertiary/aromatic N) is 8. The number of ether oxygens (including phenoxy) is 3. The number of esters is 1. The average Bonchev–Trinajstić information content (AvgIpc) is 3.24. The Hall–Kier alpha value is -8.65. The fourth-order valence-electron chi connectivity index (χ4n) is 13.4. The van der Waals surface area contributed by atoms with Crippen LogP contribution in [-0.2, 0) is 44.4 Å². The van der Waals surface area contributed by atoms with Gasteiger partial charge in [0.2, 0.25) is 5.91 Å². The topological polar surface area (TPSA) is 241 Å². The van der Waals surface area contributed by atoms with Crippen molar-refractivity contribution in [2.24, 2.45) is 5.73 Å². The van der Waals surface area contributed by atoms with E-state index in [-0.39, 0.29) is 145 Å². The number of cyclic esters (lactones) is 1. The van der Waals surface area contributed by atoms with Gasteiger partial charge < -0.3 is 49.8 Å². The maximum atomic E-state index is 17.4. The van der Waals surface area contributed by atoms with Crippen LogP contribution in [0.4, 0.5) is 19.0 Å². The van der Waals surface area contributed by atoms with Crippen molar-refractivity contribution in [2.45, 2.75) is 94.5 Å². The second-order valence-corrected chi connectivity index (χ2v) is 22.1. The molecule has 13 rings (SSSR count). The highest BCUT2D eigenvalue weighted by molar-refractivity contribution is 6.03. The monoisotopic (exact) mass is 1120 g/mol. The molecular formula is C60H55F3N10O9. The van der Waals surface area contributed by atoms with Crippen LogP contribution >= 0.6 is 0 Å². The Morgan fingerprint density at radius 2 is 1.82 bits per heavy atom. The van der Waals surface area contributed by atoms with Crippen LogP contribution in [0.5, 0.6) is 17.5 Å². The summed E-state index contributed by atoms with van der Waals surface area (Å²) in [7, 11) is 0. The van der Waals surface area contributed by atoms with E-state index in [1.807, 2.05) is 9.80 Å². The number of anilines is 1. The molecule has 420 valence electrons. The van der Waals surface area contributed by atoms with E-state index in [9.17, 15) is 33.8 Å². The van der Waals surface area contributed by atoms with Crippen molar-refractivity contribution < 1.29 is 52.0 Å². The van der Waals surface area contributed by atoms with Crippen LogP contribution < -0.4 is 31.0 Å². The lowest BCUT2D eigenvalue weighted by Gasteiger charge is -2.42. The van der Waals surface area contributed by atoms with Crippen molar-refractivity contribution in [3.8, 4) is 52.5 Å². The number of fused-ring (bicyclic) bond motifs is 10. The summed E-state index contributed by atoms with van der Waals surface area (Å²) < 4.78 is 66.9. The van der Waals surface area contributed by atoms with Gasteiger partial charge in [-0.05, 0) is 92.1 Å². The van der Waals surface area contributed by atoms with Gasteiger partial charge >= 0.3 is 12.0 Å². The number of piperazine rings is 1. The number of aromatic nitrogens is 5. The predicted octanol–water partition coefficient (Wildman–Crippen LogP) is 5.55. The fraction of sp³-hybridized carbons (Fsp3) is 0.367. The van der Waals surface area contributed by atoms with Crippen molar-refractivity contribution in [3.63, 3.8) is 0 Å². The molecule has 22 heteroatoms. The van der Waals surface area contributed by atoms with Gasteiger partial charge in [-0.3, -0.25) is 24.3 Å². The Morgan fingerprint density at radius 3 is 2.59 bits per heavy atom. The molecule has 0 radical (unpaired) electrons. The molecule has 0 saturated carbocycles. The smallest absolute Gasteiger partial charge is 0.343 e. The number of phenols is 1. The second-order valence-electron chi connectivity index (χ2n) is 22.1. The second kappa shape index (κ2) is 19.8. The molecule has 6 aliphatic rings. The highest BCUT2D eigenvalue weighted by atomic mass is 19.1. The summed E-state index contributed by atoms with van der Waals surface area (Å²) in [5, 5.41) is 26.4. The van der Waals surface area contributed by atoms with Gasteiger partial charge in [0.25, 0.3) is 11.5 Å².